The first-order valence-electron chi connectivity index (χ1n) is 5.66. The zero-order valence-electron chi connectivity index (χ0n) is 10.3. The highest BCUT2D eigenvalue weighted by molar-refractivity contribution is 7.14. The smallest absolute Gasteiger partial charge is 0.261 e. The van der Waals surface area contributed by atoms with Crippen LogP contribution in [0.1, 0.15) is 25.7 Å². The van der Waals surface area contributed by atoms with Crippen LogP contribution in [0.3, 0.4) is 0 Å². The van der Waals surface area contributed by atoms with Crippen molar-refractivity contribution >= 4 is 17.2 Å². The predicted octanol–water partition coefficient (Wildman–Crippen LogP) is 3.43. The van der Waals surface area contributed by atoms with Crippen LogP contribution < -0.4 is 5.32 Å². The van der Waals surface area contributed by atoms with Gasteiger partial charge in [0.15, 0.2) is 0 Å². The molecule has 0 bridgehead atoms. The maximum Gasteiger partial charge on any atom is 0.261 e. The molecular formula is C14H14FNOS. The number of benzene rings is 1. The Morgan fingerprint density at radius 3 is 2.72 bits per heavy atom. The monoisotopic (exact) mass is 263 g/mol. The number of hydrogen-bond donors (Lipinski definition) is 1. The van der Waals surface area contributed by atoms with E-state index in [9.17, 15) is 9.18 Å². The number of amides is 1. The van der Waals surface area contributed by atoms with Crippen LogP contribution in [-0.2, 0) is 6.54 Å². The summed E-state index contributed by atoms with van der Waals surface area (Å²) >= 11 is 1.47. The highest BCUT2D eigenvalue weighted by Gasteiger charge is 2.09. The molecule has 1 N–H and O–H groups in total. The third kappa shape index (κ3) is 2.96. The quantitative estimate of drug-likeness (QED) is 0.903. The van der Waals surface area contributed by atoms with Gasteiger partial charge in [0, 0.05) is 11.4 Å². The number of halogens is 1. The van der Waals surface area contributed by atoms with E-state index in [1.165, 1.54) is 23.5 Å². The number of carbonyl (C=O) groups is 1. The molecule has 1 heterocycles. The summed E-state index contributed by atoms with van der Waals surface area (Å²) in [7, 11) is 0. The zero-order chi connectivity index (χ0) is 13.1. The van der Waals surface area contributed by atoms with Crippen LogP contribution in [0.2, 0.25) is 0 Å². The maximum absolute atomic E-state index is 13.0. The van der Waals surface area contributed by atoms with Gasteiger partial charge in [-0.1, -0.05) is 12.1 Å². The predicted molar refractivity (Wildman–Crippen MR) is 71.4 cm³/mol. The van der Waals surface area contributed by atoms with Crippen LogP contribution in [0.25, 0.3) is 0 Å². The molecule has 0 saturated heterocycles. The minimum Gasteiger partial charge on any atom is -0.347 e. The molecule has 18 heavy (non-hydrogen) atoms. The normalized spacial score (nSPS) is 10.4. The molecule has 0 radical (unpaired) electrons. The fourth-order valence-electron chi connectivity index (χ4n) is 1.60. The van der Waals surface area contributed by atoms with Crippen molar-refractivity contribution < 1.29 is 9.18 Å². The first kappa shape index (κ1) is 12.8. The summed E-state index contributed by atoms with van der Waals surface area (Å²) in [4.78, 5) is 13.7. The summed E-state index contributed by atoms with van der Waals surface area (Å²) in [6.45, 7) is 4.31. The molecule has 1 aromatic heterocycles. The number of nitrogens with one attached hydrogen (secondary N) is 1. The number of aryl methyl sites for hydroxylation is 2. The Bertz CT molecular complexity index is 557. The molecule has 94 valence electrons. The van der Waals surface area contributed by atoms with Crippen LogP contribution in [0.5, 0.6) is 0 Å². The lowest BCUT2D eigenvalue weighted by Crippen LogP contribution is -2.21. The Kier molecular flexibility index (Phi) is 3.77. The largest absolute Gasteiger partial charge is 0.347 e. The Morgan fingerprint density at radius 1 is 1.33 bits per heavy atom. The van der Waals surface area contributed by atoms with Crippen molar-refractivity contribution in [2.24, 2.45) is 0 Å². The average molecular weight is 263 g/mol. The second kappa shape index (κ2) is 5.31. The summed E-state index contributed by atoms with van der Waals surface area (Å²) in [6, 6.07) is 8.11. The first-order chi connectivity index (χ1) is 8.56. The van der Waals surface area contributed by atoms with E-state index in [4.69, 9.17) is 0 Å². The highest BCUT2D eigenvalue weighted by atomic mass is 32.1. The average Bonchev–Trinajstić information content (AvgIpc) is 2.67. The van der Waals surface area contributed by atoms with Gasteiger partial charge in [-0.3, -0.25) is 4.79 Å². The molecule has 0 saturated carbocycles. The molecule has 0 aliphatic heterocycles. The van der Waals surface area contributed by atoms with Gasteiger partial charge in [-0.05, 0) is 43.2 Å². The van der Waals surface area contributed by atoms with Crippen LogP contribution in [-0.4, -0.2) is 5.91 Å². The molecule has 0 atom stereocenters. The van der Waals surface area contributed by atoms with Crippen LogP contribution >= 0.6 is 11.3 Å². The van der Waals surface area contributed by atoms with Crippen LogP contribution in [0.15, 0.2) is 30.3 Å². The third-order valence-corrected chi connectivity index (χ3v) is 3.88. The molecule has 1 amide bonds. The lowest BCUT2D eigenvalue weighted by molar-refractivity contribution is 0.0955. The molecular weight excluding hydrogens is 249 g/mol. The topological polar surface area (TPSA) is 29.1 Å². The Hall–Kier alpha value is -1.68. The van der Waals surface area contributed by atoms with Gasteiger partial charge in [0.05, 0.1) is 4.88 Å². The van der Waals surface area contributed by atoms with E-state index in [0.717, 1.165) is 16.0 Å². The fraction of sp³-hybridized carbons (Fsp3) is 0.214. The zero-order valence-corrected chi connectivity index (χ0v) is 11.1. The van der Waals surface area contributed by atoms with E-state index >= 15 is 0 Å². The van der Waals surface area contributed by atoms with E-state index in [1.54, 1.807) is 12.1 Å². The molecule has 1 aromatic carbocycles. The van der Waals surface area contributed by atoms with Gasteiger partial charge < -0.3 is 5.32 Å². The van der Waals surface area contributed by atoms with E-state index in [0.29, 0.717) is 11.4 Å². The standard InChI is InChI=1S/C14H14FNOS/c1-9-6-13(18-10(9)2)14(17)16-8-11-4-3-5-12(15)7-11/h3-7H,8H2,1-2H3,(H,16,17). The minimum atomic E-state index is -0.287. The van der Waals surface area contributed by atoms with E-state index in [2.05, 4.69) is 5.32 Å². The SMILES string of the molecule is Cc1cc(C(=O)NCc2cccc(F)c2)sc1C. The fourth-order valence-corrected chi connectivity index (χ4v) is 2.55. The Labute approximate surface area is 109 Å². The second-order valence-electron chi connectivity index (χ2n) is 4.16. The van der Waals surface area contributed by atoms with Crippen molar-refractivity contribution in [3.05, 3.63) is 57.0 Å². The highest BCUT2D eigenvalue weighted by Crippen LogP contribution is 2.20. The minimum absolute atomic E-state index is 0.111. The maximum atomic E-state index is 13.0. The van der Waals surface area contributed by atoms with Crippen LogP contribution in [0.4, 0.5) is 4.39 Å². The first-order valence-corrected chi connectivity index (χ1v) is 6.47. The summed E-state index contributed by atoms with van der Waals surface area (Å²) in [6.07, 6.45) is 0. The number of rotatable bonds is 3. The van der Waals surface area contributed by atoms with Gasteiger partial charge in [0.2, 0.25) is 0 Å². The van der Waals surface area contributed by atoms with E-state index in [-0.39, 0.29) is 11.7 Å². The number of thiophene rings is 1. The van der Waals surface area contributed by atoms with Crippen molar-refractivity contribution in [2.45, 2.75) is 20.4 Å². The van der Waals surface area contributed by atoms with Crippen molar-refractivity contribution in [3.63, 3.8) is 0 Å². The van der Waals surface area contributed by atoms with Gasteiger partial charge >= 0.3 is 0 Å². The molecule has 0 spiro atoms. The number of carbonyl (C=O) groups excluding carboxylic acids is 1. The molecule has 0 aliphatic rings. The van der Waals surface area contributed by atoms with Crippen LogP contribution in [0, 0.1) is 19.7 Å². The van der Waals surface area contributed by atoms with Gasteiger partial charge in [0.1, 0.15) is 5.82 Å². The molecule has 0 fully saturated rings. The third-order valence-electron chi connectivity index (χ3n) is 2.73. The van der Waals surface area contributed by atoms with Crippen molar-refractivity contribution in [1.29, 1.82) is 0 Å². The molecule has 0 aliphatic carbocycles. The number of hydrogen-bond acceptors (Lipinski definition) is 2. The molecule has 2 aromatic rings. The van der Waals surface area contributed by atoms with Gasteiger partial charge in [-0.25, -0.2) is 4.39 Å². The molecule has 2 rings (SSSR count). The van der Waals surface area contributed by atoms with Gasteiger partial charge in [-0.15, -0.1) is 11.3 Å². The lowest BCUT2D eigenvalue weighted by Gasteiger charge is -2.03. The van der Waals surface area contributed by atoms with Gasteiger partial charge in [-0.2, -0.15) is 0 Å². The molecule has 0 unspecified atom stereocenters. The second-order valence-corrected chi connectivity index (χ2v) is 5.42. The summed E-state index contributed by atoms with van der Waals surface area (Å²) in [5.41, 5.74) is 1.88. The Balaban J connectivity index is 2.00. The van der Waals surface area contributed by atoms with E-state index in [1.807, 2.05) is 19.9 Å². The van der Waals surface area contributed by atoms with Crippen molar-refractivity contribution in [3.8, 4) is 0 Å². The molecule has 2 nitrogen and oxygen atoms in total. The van der Waals surface area contributed by atoms with Crippen molar-refractivity contribution in [2.75, 3.05) is 0 Å². The summed E-state index contributed by atoms with van der Waals surface area (Å²) < 4.78 is 13.0. The van der Waals surface area contributed by atoms with E-state index < -0.39 is 0 Å². The Morgan fingerprint density at radius 2 is 2.11 bits per heavy atom. The van der Waals surface area contributed by atoms with Crippen molar-refractivity contribution in [1.82, 2.24) is 5.32 Å². The van der Waals surface area contributed by atoms with Gasteiger partial charge in [0.25, 0.3) is 5.91 Å². The molecule has 4 heteroatoms. The lowest BCUT2D eigenvalue weighted by atomic mass is 10.2. The summed E-state index contributed by atoms with van der Waals surface area (Å²) in [5.74, 6) is -0.398. The summed E-state index contributed by atoms with van der Waals surface area (Å²) in [5, 5.41) is 2.79.